The van der Waals surface area contributed by atoms with Crippen LogP contribution < -0.4 is 5.73 Å². The van der Waals surface area contributed by atoms with E-state index in [9.17, 15) is 36.0 Å². The molecular formula is C21H14F7N5O4. The van der Waals surface area contributed by atoms with Crippen molar-refractivity contribution in [1.82, 2.24) is 15.2 Å². The van der Waals surface area contributed by atoms with E-state index < -0.39 is 24.3 Å². The van der Waals surface area contributed by atoms with Crippen molar-refractivity contribution < 1.29 is 50.5 Å². The third-order valence-electron chi connectivity index (χ3n) is 4.65. The lowest BCUT2D eigenvalue weighted by atomic mass is 9.86. The molecule has 0 amide bonds. The van der Waals surface area contributed by atoms with Crippen molar-refractivity contribution in [2.45, 2.75) is 25.2 Å². The lowest BCUT2D eigenvalue weighted by molar-refractivity contribution is -0.193. The molecule has 0 unspecified atom stereocenters. The summed E-state index contributed by atoms with van der Waals surface area (Å²) in [7, 11) is 0. The van der Waals surface area contributed by atoms with Crippen LogP contribution in [0.5, 0.6) is 0 Å². The average Bonchev–Trinajstić information content (AvgIpc) is 3.28. The summed E-state index contributed by atoms with van der Waals surface area (Å²) in [6.07, 6.45) is -6.94. The highest BCUT2D eigenvalue weighted by molar-refractivity contribution is 5.85. The lowest BCUT2D eigenvalue weighted by Gasteiger charge is -2.21. The number of carboxylic acids is 2. The Kier molecular flexibility index (Phi) is 8.44. The van der Waals surface area contributed by atoms with Gasteiger partial charge in [0, 0.05) is 16.8 Å². The van der Waals surface area contributed by atoms with Gasteiger partial charge in [-0.25, -0.2) is 19.0 Å². The number of nitriles is 1. The van der Waals surface area contributed by atoms with Crippen LogP contribution in [0.1, 0.15) is 16.8 Å². The number of rotatable bonds is 1. The fourth-order valence-corrected chi connectivity index (χ4v) is 3.11. The average molecular weight is 533 g/mol. The number of benzene rings is 1. The van der Waals surface area contributed by atoms with Gasteiger partial charge in [0.1, 0.15) is 23.3 Å². The van der Waals surface area contributed by atoms with Gasteiger partial charge < -0.3 is 15.9 Å². The maximum atomic E-state index is 13.2. The quantitative estimate of drug-likeness (QED) is 0.340. The number of pyridine rings is 1. The maximum Gasteiger partial charge on any atom is 0.490 e. The van der Waals surface area contributed by atoms with E-state index in [2.05, 4.69) is 21.3 Å². The Morgan fingerprint density at radius 2 is 1.51 bits per heavy atom. The molecule has 3 aromatic rings. The Morgan fingerprint density at radius 1 is 1.00 bits per heavy atom. The zero-order chi connectivity index (χ0) is 28.1. The van der Waals surface area contributed by atoms with E-state index in [1.807, 2.05) is 0 Å². The largest absolute Gasteiger partial charge is 0.490 e. The number of carbonyl (C=O) groups is 2. The summed E-state index contributed by atoms with van der Waals surface area (Å²) in [6.45, 7) is 0. The molecule has 0 radical (unpaired) electrons. The second-order valence-electron chi connectivity index (χ2n) is 7.06. The minimum absolute atomic E-state index is 0.180. The number of nitrogens with two attached hydrogens (primary N) is 1. The molecule has 4 rings (SSSR count). The Hall–Kier alpha value is -4.68. The highest BCUT2D eigenvalue weighted by Crippen LogP contribution is 2.40. The minimum Gasteiger partial charge on any atom is -0.475 e. The van der Waals surface area contributed by atoms with Crippen LogP contribution in [0.2, 0.25) is 0 Å². The Morgan fingerprint density at radius 3 is 1.97 bits per heavy atom. The van der Waals surface area contributed by atoms with Crippen LogP contribution in [0.15, 0.2) is 30.5 Å². The van der Waals surface area contributed by atoms with Crippen LogP contribution in [0, 0.1) is 17.1 Å². The van der Waals surface area contributed by atoms with Gasteiger partial charge in [-0.05, 0) is 36.1 Å². The van der Waals surface area contributed by atoms with E-state index in [1.54, 1.807) is 18.3 Å². The topological polar surface area (TPSA) is 166 Å². The lowest BCUT2D eigenvalue weighted by Crippen LogP contribution is -2.21. The number of carboxylic acid groups (broad SMARTS) is 2. The molecule has 5 N–H and O–H groups in total. The van der Waals surface area contributed by atoms with Crippen molar-refractivity contribution in [3.05, 3.63) is 53.1 Å². The first-order valence-corrected chi connectivity index (χ1v) is 9.69. The van der Waals surface area contributed by atoms with Crippen molar-refractivity contribution in [2.24, 2.45) is 0 Å². The predicted molar refractivity (Wildman–Crippen MR) is 111 cm³/mol. The summed E-state index contributed by atoms with van der Waals surface area (Å²) in [4.78, 5) is 22.2. The number of alkyl halides is 6. The monoisotopic (exact) mass is 533 g/mol. The van der Waals surface area contributed by atoms with E-state index in [4.69, 9.17) is 25.5 Å². The van der Waals surface area contributed by atoms with Crippen molar-refractivity contribution in [1.29, 1.82) is 5.26 Å². The number of nitrogens with zero attached hydrogens (tertiary/aromatic N) is 3. The second-order valence-corrected chi connectivity index (χ2v) is 7.06. The van der Waals surface area contributed by atoms with Gasteiger partial charge in [-0.1, -0.05) is 12.1 Å². The fourth-order valence-electron chi connectivity index (χ4n) is 3.11. The number of aryl methyl sites for hydroxylation is 1. The number of hydrogen-bond acceptors (Lipinski definition) is 6. The molecule has 0 bridgehead atoms. The molecule has 1 aromatic carbocycles. The second kappa shape index (κ2) is 10.9. The van der Waals surface area contributed by atoms with Gasteiger partial charge in [0.25, 0.3) is 0 Å². The number of H-pyrrole nitrogens is 1. The minimum atomic E-state index is -5.08. The third-order valence-corrected chi connectivity index (χ3v) is 4.65. The molecule has 16 heteroatoms. The van der Waals surface area contributed by atoms with E-state index >= 15 is 0 Å². The number of aromatic nitrogens is 3. The summed E-state index contributed by atoms with van der Waals surface area (Å²) < 4.78 is 76.7. The molecule has 1 aliphatic carbocycles. The molecule has 0 atom stereocenters. The molecule has 37 heavy (non-hydrogen) atoms. The number of nitrogens with one attached hydrogen (secondary N) is 1. The Bertz CT molecular complexity index is 1320. The van der Waals surface area contributed by atoms with Gasteiger partial charge in [-0.15, -0.1) is 0 Å². The van der Waals surface area contributed by atoms with Crippen molar-refractivity contribution in [2.75, 3.05) is 5.73 Å². The smallest absolute Gasteiger partial charge is 0.475 e. The van der Waals surface area contributed by atoms with Crippen molar-refractivity contribution in [3.63, 3.8) is 0 Å². The molecule has 2 aromatic heterocycles. The van der Waals surface area contributed by atoms with Crippen LogP contribution >= 0.6 is 0 Å². The van der Waals surface area contributed by atoms with Crippen LogP contribution in [0.4, 0.5) is 36.6 Å². The molecule has 2 heterocycles. The first-order valence-electron chi connectivity index (χ1n) is 9.69. The van der Waals surface area contributed by atoms with Crippen LogP contribution in [-0.4, -0.2) is 49.7 Å². The van der Waals surface area contributed by atoms with E-state index in [1.165, 1.54) is 12.1 Å². The molecule has 0 saturated carbocycles. The van der Waals surface area contributed by atoms with Gasteiger partial charge in [-0.3, -0.25) is 5.10 Å². The zero-order valence-corrected chi connectivity index (χ0v) is 18.1. The van der Waals surface area contributed by atoms with Crippen molar-refractivity contribution in [3.8, 4) is 28.5 Å². The molecule has 9 nitrogen and oxygen atoms in total. The van der Waals surface area contributed by atoms with E-state index in [-0.39, 0.29) is 11.6 Å². The molecule has 0 fully saturated rings. The fraction of sp³-hybridized carbons (Fsp3) is 0.190. The Labute approximate surface area is 202 Å². The van der Waals surface area contributed by atoms with Gasteiger partial charge in [0.15, 0.2) is 0 Å². The van der Waals surface area contributed by atoms with Crippen molar-refractivity contribution >= 4 is 17.8 Å². The van der Waals surface area contributed by atoms with Crippen LogP contribution in [-0.2, 0) is 22.4 Å². The highest BCUT2D eigenvalue weighted by Gasteiger charge is 2.38. The zero-order valence-electron chi connectivity index (χ0n) is 18.1. The molecular weight excluding hydrogens is 519 g/mol. The summed E-state index contributed by atoms with van der Waals surface area (Å²) >= 11 is 0. The number of aliphatic carboxylic acids is 2. The van der Waals surface area contributed by atoms with Gasteiger partial charge in [-0.2, -0.15) is 36.7 Å². The van der Waals surface area contributed by atoms with Gasteiger partial charge in [0.2, 0.25) is 0 Å². The molecule has 0 aliphatic heterocycles. The van der Waals surface area contributed by atoms with Crippen LogP contribution in [0.3, 0.4) is 0 Å². The first-order chi connectivity index (χ1) is 17.1. The molecule has 0 saturated heterocycles. The van der Waals surface area contributed by atoms with Gasteiger partial charge >= 0.3 is 24.3 Å². The van der Waals surface area contributed by atoms with Gasteiger partial charge in [0.05, 0.1) is 11.9 Å². The molecule has 1 aliphatic rings. The summed E-state index contributed by atoms with van der Waals surface area (Å²) in [6, 6.07) is 8.23. The normalized spacial score (nSPS) is 11.9. The molecule has 196 valence electrons. The molecule has 0 spiro atoms. The number of halogens is 7. The van der Waals surface area contributed by atoms with E-state index in [0.29, 0.717) is 5.56 Å². The number of hydrogen-bond donors (Lipinski definition) is 4. The number of nitrogen functional groups attached to an aromatic ring is 1. The summed E-state index contributed by atoms with van der Waals surface area (Å²) in [5, 5.41) is 30.8. The standard InChI is InChI=1S/C17H12FN5.2C2HF3O2/c18-10-3-1-9(2-4-10)15-11-5-6-14-13(8-21-23-14)16(11)22-17(20)12(15)7-19;2*3-2(4,5)1(6)7/h1-4,8H,5-6H2,(H2,20,22)(H,21,23);2*(H,6,7). The number of anilines is 1. The van der Waals surface area contributed by atoms with Crippen LogP contribution in [0.25, 0.3) is 22.4 Å². The number of aromatic amines is 1. The predicted octanol–water partition coefficient (Wildman–Crippen LogP) is 4.10. The van der Waals surface area contributed by atoms with E-state index in [0.717, 1.165) is 46.5 Å². The third kappa shape index (κ3) is 6.93. The summed E-state index contributed by atoms with van der Waals surface area (Å²) in [5.41, 5.74) is 11.5. The summed E-state index contributed by atoms with van der Waals surface area (Å²) in [5.74, 6) is -5.65. The number of fused-ring (bicyclic) bond motifs is 3. The Balaban J connectivity index is 0.000000286. The SMILES string of the molecule is N#Cc1c(N)nc2c(c1-c1ccc(F)cc1)CCc1[nH]ncc1-2.O=C(O)C(F)(F)F.O=C(O)C(F)(F)F. The highest BCUT2D eigenvalue weighted by atomic mass is 19.4. The maximum absolute atomic E-state index is 13.2. The first kappa shape index (κ1) is 28.6.